The topological polar surface area (TPSA) is 40.2 Å². The van der Waals surface area contributed by atoms with E-state index in [1.54, 1.807) is 12.1 Å². The van der Waals surface area contributed by atoms with Crippen LogP contribution in [0.1, 0.15) is 31.0 Å². The molecule has 4 heteroatoms. The van der Waals surface area contributed by atoms with E-state index in [2.05, 4.69) is 13.8 Å². The van der Waals surface area contributed by atoms with Gasteiger partial charge in [-0.1, -0.05) is 19.9 Å². The molecule has 0 spiro atoms. The average Bonchev–Trinajstić information content (AvgIpc) is 2.88. The highest BCUT2D eigenvalue weighted by Gasteiger charge is 2.12. The molecule has 0 amide bonds. The molecule has 1 aromatic carbocycles. The van der Waals surface area contributed by atoms with Gasteiger partial charge in [0.05, 0.1) is 7.11 Å². The van der Waals surface area contributed by atoms with Crippen LogP contribution < -0.4 is 10.5 Å². The van der Waals surface area contributed by atoms with Crippen molar-refractivity contribution < 1.29 is 9.13 Å². The molecule has 0 aliphatic rings. The minimum atomic E-state index is -0.257. The third-order valence-electron chi connectivity index (χ3n) is 3.49. The Bertz CT molecular complexity index is 578. The zero-order valence-electron chi connectivity index (χ0n) is 12.1. The summed E-state index contributed by atoms with van der Waals surface area (Å²) in [7, 11) is 1.53. The third-order valence-corrected chi connectivity index (χ3v) is 3.49. The normalized spacial score (nSPS) is 12.7. The molecule has 1 atom stereocenters. The van der Waals surface area contributed by atoms with Gasteiger partial charge >= 0.3 is 0 Å². The Morgan fingerprint density at radius 1 is 1.30 bits per heavy atom. The van der Waals surface area contributed by atoms with E-state index >= 15 is 0 Å². The first kappa shape index (κ1) is 14.6. The highest BCUT2D eigenvalue weighted by molar-refractivity contribution is 5.29. The number of methoxy groups -OCH3 is 1. The van der Waals surface area contributed by atoms with Crippen LogP contribution in [0, 0.1) is 11.7 Å². The summed E-state index contributed by atoms with van der Waals surface area (Å²) in [5.41, 5.74) is 7.82. The summed E-state index contributed by atoms with van der Waals surface area (Å²) in [6, 6.07) is 6.92. The molecule has 0 aliphatic heterocycles. The van der Waals surface area contributed by atoms with E-state index < -0.39 is 0 Å². The number of hydrogen-bond acceptors (Lipinski definition) is 2. The number of ether oxygens (including phenoxy) is 1. The largest absolute Gasteiger partial charge is 0.497 e. The Kier molecular flexibility index (Phi) is 4.45. The van der Waals surface area contributed by atoms with Crippen LogP contribution in [0.3, 0.4) is 0 Å². The summed E-state index contributed by atoms with van der Waals surface area (Å²) in [6.07, 6.45) is 3.91. The van der Waals surface area contributed by atoms with E-state index in [-0.39, 0.29) is 11.9 Å². The fourth-order valence-electron chi connectivity index (χ4n) is 2.12. The van der Waals surface area contributed by atoms with Crippen molar-refractivity contribution in [3.8, 4) is 5.75 Å². The predicted molar refractivity (Wildman–Crippen MR) is 78.3 cm³/mol. The van der Waals surface area contributed by atoms with Crippen molar-refractivity contribution in [2.75, 3.05) is 7.11 Å². The molecule has 1 aromatic heterocycles. The minimum Gasteiger partial charge on any atom is -0.497 e. The number of rotatable bonds is 5. The predicted octanol–water partition coefficient (Wildman–Crippen LogP) is 3.34. The lowest BCUT2D eigenvalue weighted by Crippen LogP contribution is -2.15. The van der Waals surface area contributed by atoms with Crippen molar-refractivity contribution in [3.05, 3.63) is 53.6 Å². The summed E-state index contributed by atoms with van der Waals surface area (Å²) >= 11 is 0. The quantitative estimate of drug-likeness (QED) is 0.909. The van der Waals surface area contributed by atoms with Gasteiger partial charge in [-0.2, -0.15) is 0 Å². The van der Waals surface area contributed by atoms with Gasteiger partial charge in [0.2, 0.25) is 0 Å². The molecule has 2 rings (SSSR count). The zero-order chi connectivity index (χ0) is 14.7. The monoisotopic (exact) mass is 276 g/mol. The van der Waals surface area contributed by atoms with Crippen LogP contribution in [0.2, 0.25) is 0 Å². The highest BCUT2D eigenvalue weighted by atomic mass is 19.1. The highest BCUT2D eigenvalue weighted by Crippen LogP contribution is 2.21. The lowest BCUT2D eigenvalue weighted by Gasteiger charge is -2.13. The summed E-state index contributed by atoms with van der Waals surface area (Å²) in [5, 5.41) is 0. The molecule has 20 heavy (non-hydrogen) atoms. The van der Waals surface area contributed by atoms with Crippen molar-refractivity contribution >= 4 is 0 Å². The number of halogens is 1. The van der Waals surface area contributed by atoms with Gasteiger partial charge in [-0.05, 0) is 23.6 Å². The van der Waals surface area contributed by atoms with Gasteiger partial charge in [0.25, 0.3) is 0 Å². The average molecular weight is 276 g/mol. The van der Waals surface area contributed by atoms with Gasteiger partial charge in [-0.3, -0.25) is 0 Å². The van der Waals surface area contributed by atoms with E-state index in [4.69, 9.17) is 10.5 Å². The van der Waals surface area contributed by atoms with Crippen LogP contribution in [0.25, 0.3) is 0 Å². The van der Waals surface area contributed by atoms with Gasteiger partial charge in [0, 0.05) is 36.6 Å². The van der Waals surface area contributed by atoms with Crippen molar-refractivity contribution in [3.63, 3.8) is 0 Å². The van der Waals surface area contributed by atoms with Crippen LogP contribution in [0.5, 0.6) is 5.75 Å². The Morgan fingerprint density at radius 2 is 2.05 bits per heavy atom. The fraction of sp³-hybridized carbons (Fsp3) is 0.375. The van der Waals surface area contributed by atoms with Crippen LogP contribution in [0.4, 0.5) is 4.39 Å². The van der Waals surface area contributed by atoms with E-state index in [1.807, 2.05) is 23.0 Å². The SMILES string of the molecule is COc1ccc(Cn2ccc(C(N)C(C)C)c2)c(F)c1. The van der Waals surface area contributed by atoms with Crippen molar-refractivity contribution in [1.29, 1.82) is 0 Å². The van der Waals surface area contributed by atoms with Crippen LogP contribution in [-0.2, 0) is 6.54 Å². The third kappa shape index (κ3) is 3.20. The van der Waals surface area contributed by atoms with Gasteiger partial charge in [0.1, 0.15) is 11.6 Å². The molecule has 0 saturated heterocycles. The Balaban J connectivity index is 2.14. The molecule has 0 radical (unpaired) electrons. The first-order valence-corrected chi connectivity index (χ1v) is 6.75. The number of hydrogen-bond donors (Lipinski definition) is 1. The molecule has 2 aromatic rings. The van der Waals surface area contributed by atoms with Crippen LogP contribution in [0.15, 0.2) is 36.7 Å². The molecular formula is C16H21FN2O. The summed E-state index contributed by atoms with van der Waals surface area (Å²) < 4.78 is 20.8. The summed E-state index contributed by atoms with van der Waals surface area (Å²) in [6.45, 7) is 4.66. The van der Waals surface area contributed by atoms with Crippen LogP contribution in [-0.4, -0.2) is 11.7 Å². The standard InChI is InChI=1S/C16H21FN2O/c1-11(2)16(18)13-6-7-19(10-13)9-12-4-5-14(20-3)8-15(12)17/h4-8,10-11,16H,9,18H2,1-3H3. The maximum atomic E-state index is 13.9. The van der Waals surface area contributed by atoms with Crippen molar-refractivity contribution in [2.24, 2.45) is 11.7 Å². The maximum absolute atomic E-state index is 13.9. The van der Waals surface area contributed by atoms with Crippen molar-refractivity contribution in [1.82, 2.24) is 4.57 Å². The first-order valence-electron chi connectivity index (χ1n) is 6.75. The van der Waals surface area contributed by atoms with Gasteiger partial charge in [-0.15, -0.1) is 0 Å². The smallest absolute Gasteiger partial charge is 0.131 e. The van der Waals surface area contributed by atoms with E-state index in [0.717, 1.165) is 5.56 Å². The van der Waals surface area contributed by atoms with Gasteiger partial charge in [-0.25, -0.2) is 4.39 Å². The maximum Gasteiger partial charge on any atom is 0.131 e. The van der Waals surface area contributed by atoms with Gasteiger partial charge < -0.3 is 15.0 Å². The number of nitrogens with two attached hydrogens (primary N) is 1. The molecule has 108 valence electrons. The molecule has 0 bridgehead atoms. The molecule has 0 saturated carbocycles. The number of benzene rings is 1. The second-order valence-electron chi connectivity index (χ2n) is 5.34. The van der Waals surface area contributed by atoms with Gasteiger partial charge in [0.15, 0.2) is 0 Å². The second kappa shape index (κ2) is 6.09. The van der Waals surface area contributed by atoms with Crippen LogP contribution >= 0.6 is 0 Å². The molecule has 0 fully saturated rings. The lowest BCUT2D eigenvalue weighted by atomic mass is 10.00. The molecule has 3 nitrogen and oxygen atoms in total. The molecule has 0 aliphatic carbocycles. The Morgan fingerprint density at radius 3 is 2.65 bits per heavy atom. The summed E-state index contributed by atoms with van der Waals surface area (Å²) in [5.74, 6) is 0.651. The Labute approximate surface area is 119 Å². The van der Waals surface area contributed by atoms with E-state index in [1.165, 1.54) is 13.2 Å². The fourth-order valence-corrected chi connectivity index (χ4v) is 2.12. The Hall–Kier alpha value is -1.81. The van der Waals surface area contributed by atoms with E-state index in [0.29, 0.717) is 23.8 Å². The molecule has 1 heterocycles. The minimum absolute atomic E-state index is 0.0111. The molecule has 1 unspecified atom stereocenters. The van der Waals surface area contributed by atoms with E-state index in [9.17, 15) is 4.39 Å². The summed E-state index contributed by atoms with van der Waals surface area (Å²) in [4.78, 5) is 0. The molecular weight excluding hydrogens is 255 g/mol. The number of aromatic nitrogens is 1. The first-order chi connectivity index (χ1) is 9.51. The lowest BCUT2D eigenvalue weighted by molar-refractivity contribution is 0.410. The zero-order valence-corrected chi connectivity index (χ0v) is 12.1. The molecule has 2 N–H and O–H groups in total. The second-order valence-corrected chi connectivity index (χ2v) is 5.34. The van der Waals surface area contributed by atoms with Crippen molar-refractivity contribution in [2.45, 2.75) is 26.4 Å². The number of nitrogens with zero attached hydrogens (tertiary/aromatic N) is 1.